The van der Waals surface area contributed by atoms with Crippen molar-refractivity contribution in [3.63, 3.8) is 0 Å². The first-order valence-electron chi connectivity index (χ1n) is 8.06. The first-order chi connectivity index (χ1) is 10.8. The number of piperidine rings is 1. The summed E-state index contributed by atoms with van der Waals surface area (Å²) in [6.45, 7) is 6.20. The van der Waals surface area contributed by atoms with Crippen molar-refractivity contribution in [2.24, 2.45) is 5.92 Å². The van der Waals surface area contributed by atoms with E-state index in [1.807, 2.05) is 25.1 Å². The number of para-hydroxylation sites is 1. The van der Waals surface area contributed by atoms with Gasteiger partial charge in [-0.15, -0.1) is 0 Å². The molecule has 118 valence electrons. The molecule has 2 aromatic rings. The fourth-order valence-corrected chi connectivity index (χ4v) is 3.16. The van der Waals surface area contributed by atoms with Gasteiger partial charge in [-0.05, 0) is 44.4 Å². The van der Waals surface area contributed by atoms with Crippen LogP contribution in [0.2, 0.25) is 0 Å². The lowest BCUT2D eigenvalue weighted by molar-refractivity contribution is 0.123. The van der Waals surface area contributed by atoms with E-state index in [1.165, 1.54) is 6.42 Å². The number of hydrogen-bond donors (Lipinski definition) is 2. The molecule has 0 amide bonds. The van der Waals surface area contributed by atoms with Crippen molar-refractivity contribution in [3.8, 4) is 0 Å². The maximum absolute atomic E-state index is 9.30. The number of likely N-dealkylation sites (tertiary alicyclic amines) is 1. The molecule has 2 heterocycles. The zero-order valence-electron chi connectivity index (χ0n) is 13.1. The van der Waals surface area contributed by atoms with Crippen LogP contribution in [0.3, 0.4) is 0 Å². The van der Waals surface area contributed by atoms with E-state index >= 15 is 0 Å². The third-order valence-electron chi connectivity index (χ3n) is 4.30. The zero-order chi connectivity index (χ0) is 15.4. The van der Waals surface area contributed by atoms with Gasteiger partial charge in [-0.3, -0.25) is 0 Å². The molecule has 1 aliphatic rings. The third kappa shape index (κ3) is 3.54. The minimum atomic E-state index is 0.305. The summed E-state index contributed by atoms with van der Waals surface area (Å²) in [7, 11) is 0. The summed E-state index contributed by atoms with van der Waals surface area (Å²) in [5, 5.41) is 13.8. The molecule has 5 heteroatoms. The van der Waals surface area contributed by atoms with Gasteiger partial charge < -0.3 is 15.3 Å². The molecular formula is C17H24N4O. The number of aryl methyl sites for hydroxylation is 1. The van der Waals surface area contributed by atoms with Crippen molar-refractivity contribution in [3.05, 3.63) is 30.1 Å². The summed E-state index contributed by atoms with van der Waals surface area (Å²) in [6.07, 6.45) is 2.33. The molecule has 1 aromatic heterocycles. The van der Waals surface area contributed by atoms with Gasteiger partial charge in [0.2, 0.25) is 0 Å². The molecule has 0 saturated carbocycles. The fraction of sp³-hybridized carbons (Fsp3) is 0.529. The van der Waals surface area contributed by atoms with Crippen LogP contribution >= 0.6 is 0 Å². The van der Waals surface area contributed by atoms with Crippen LogP contribution in [-0.2, 0) is 0 Å². The Morgan fingerprint density at radius 3 is 3.05 bits per heavy atom. The number of aliphatic hydroxyl groups is 1. The first-order valence-corrected chi connectivity index (χ1v) is 8.06. The summed E-state index contributed by atoms with van der Waals surface area (Å²) in [6, 6.07) is 8.09. The lowest BCUT2D eigenvalue weighted by Gasteiger charge is -2.31. The summed E-state index contributed by atoms with van der Waals surface area (Å²) in [5.41, 5.74) is 0.982. The zero-order valence-corrected chi connectivity index (χ0v) is 13.1. The van der Waals surface area contributed by atoms with E-state index in [4.69, 9.17) is 0 Å². The second-order valence-electron chi connectivity index (χ2n) is 6.05. The van der Waals surface area contributed by atoms with Crippen LogP contribution in [0.4, 0.5) is 5.82 Å². The van der Waals surface area contributed by atoms with Crippen molar-refractivity contribution in [1.29, 1.82) is 0 Å². The van der Waals surface area contributed by atoms with Crippen molar-refractivity contribution in [2.45, 2.75) is 19.8 Å². The molecule has 1 aromatic carbocycles. The van der Waals surface area contributed by atoms with Crippen LogP contribution in [0.1, 0.15) is 18.7 Å². The van der Waals surface area contributed by atoms with Crippen molar-refractivity contribution in [1.82, 2.24) is 14.9 Å². The van der Waals surface area contributed by atoms with Gasteiger partial charge >= 0.3 is 0 Å². The molecule has 0 radical (unpaired) electrons. The molecule has 5 nitrogen and oxygen atoms in total. The van der Waals surface area contributed by atoms with Crippen molar-refractivity contribution in [2.75, 3.05) is 38.1 Å². The van der Waals surface area contributed by atoms with E-state index in [2.05, 4.69) is 26.3 Å². The van der Waals surface area contributed by atoms with Gasteiger partial charge in [0.15, 0.2) is 0 Å². The van der Waals surface area contributed by atoms with E-state index in [9.17, 15) is 5.11 Å². The number of benzene rings is 1. The Labute approximate surface area is 131 Å². The third-order valence-corrected chi connectivity index (χ3v) is 4.30. The minimum absolute atomic E-state index is 0.305. The molecule has 0 spiro atoms. The van der Waals surface area contributed by atoms with Gasteiger partial charge in [-0.2, -0.15) is 0 Å². The number of rotatable bonds is 5. The molecule has 22 heavy (non-hydrogen) atoms. The maximum Gasteiger partial charge on any atom is 0.137 e. The van der Waals surface area contributed by atoms with Crippen molar-refractivity contribution < 1.29 is 5.11 Å². The van der Waals surface area contributed by atoms with Crippen LogP contribution in [0.5, 0.6) is 0 Å². The Morgan fingerprint density at radius 2 is 2.18 bits per heavy atom. The highest BCUT2D eigenvalue weighted by Crippen LogP contribution is 2.20. The highest BCUT2D eigenvalue weighted by atomic mass is 16.3. The smallest absolute Gasteiger partial charge is 0.137 e. The molecule has 1 saturated heterocycles. The second-order valence-corrected chi connectivity index (χ2v) is 6.05. The lowest BCUT2D eigenvalue weighted by atomic mass is 9.99. The molecule has 0 aliphatic carbocycles. The summed E-state index contributed by atoms with van der Waals surface area (Å²) < 4.78 is 0. The van der Waals surface area contributed by atoms with Gasteiger partial charge in [0.25, 0.3) is 0 Å². The molecule has 1 fully saturated rings. The largest absolute Gasteiger partial charge is 0.396 e. The molecule has 1 unspecified atom stereocenters. The van der Waals surface area contributed by atoms with Crippen LogP contribution in [0.15, 0.2) is 24.3 Å². The summed E-state index contributed by atoms with van der Waals surface area (Å²) in [4.78, 5) is 11.4. The van der Waals surface area contributed by atoms with Crippen LogP contribution < -0.4 is 5.32 Å². The molecule has 1 aliphatic heterocycles. The molecule has 0 bridgehead atoms. The lowest BCUT2D eigenvalue weighted by Crippen LogP contribution is -2.39. The Kier molecular flexibility index (Phi) is 4.85. The molecule has 3 rings (SSSR count). The maximum atomic E-state index is 9.30. The molecular weight excluding hydrogens is 276 g/mol. The quantitative estimate of drug-likeness (QED) is 0.885. The standard InChI is InChI=1S/C17H24N4O/c1-13-19-16-7-3-2-6-15(16)17(20-13)18-8-10-21-9-4-5-14(11-21)12-22/h2-3,6-7,14,22H,4-5,8-12H2,1H3,(H,18,19,20). The van der Waals surface area contributed by atoms with Gasteiger partial charge in [0.05, 0.1) is 5.52 Å². The minimum Gasteiger partial charge on any atom is -0.396 e. The number of hydrogen-bond acceptors (Lipinski definition) is 5. The fourth-order valence-electron chi connectivity index (χ4n) is 3.16. The second kappa shape index (κ2) is 7.03. The Bertz CT molecular complexity index is 631. The van der Waals surface area contributed by atoms with E-state index < -0.39 is 0 Å². The number of nitrogens with zero attached hydrogens (tertiary/aromatic N) is 3. The number of nitrogens with one attached hydrogen (secondary N) is 1. The average molecular weight is 300 g/mol. The van der Waals surface area contributed by atoms with Gasteiger partial charge in [-0.25, -0.2) is 9.97 Å². The van der Waals surface area contributed by atoms with Gasteiger partial charge in [0.1, 0.15) is 11.6 Å². The van der Waals surface area contributed by atoms with Crippen LogP contribution in [0.25, 0.3) is 10.9 Å². The molecule has 1 atom stereocenters. The normalized spacial score (nSPS) is 19.5. The van der Waals surface area contributed by atoms with Gasteiger partial charge in [-0.1, -0.05) is 12.1 Å². The van der Waals surface area contributed by atoms with E-state index in [0.29, 0.717) is 12.5 Å². The topological polar surface area (TPSA) is 61.3 Å². The Balaban J connectivity index is 1.62. The average Bonchev–Trinajstić information content (AvgIpc) is 2.55. The van der Waals surface area contributed by atoms with Gasteiger partial charge in [0, 0.05) is 31.6 Å². The van der Waals surface area contributed by atoms with Crippen LogP contribution in [0, 0.1) is 12.8 Å². The Hall–Kier alpha value is -1.72. The SMILES string of the molecule is Cc1nc(NCCN2CCCC(CO)C2)c2ccccc2n1. The number of aromatic nitrogens is 2. The highest BCUT2D eigenvalue weighted by Gasteiger charge is 2.18. The number of anilines is 1. The van der Waals surface area contributed by atoms with Crippen LogP contribution in [-0.4, -0.2) is 52.8 Å². The van der Waals surface area contributed by atoms with Crippen molar-refractivity contribution >= 4 is 16.7 Å². The summed E-state index contributed by atoms with van der Waals surface area (Å²) >= 11 is 0. The predicted molar refractivity (Wildman–Crippen MR) is 89.0 cm³/mol. The highest BCUT2D eigenvalue weighted by molar-refractivity contribution is 5.88. The van der Waals surface area contributed by atoms with E-state index in [-0.39, 0.29) is 0 Å². The van der Waals surface area contributed by atoms with E-state index in [0.717, 1.165) is 55.1 Å². The monoisotopic (exact) mass is 300 g/mol. The van der Waals surface area contributed by atoms with E-state index in [1.54, 1.807) is 0 Å². The Morgan fingerprint density at radius 1 is 1.32 bits per heavy atom. The number of aliphatic hydroxyl groups excluding tert-OH is 1. The number of fused-ring (bicyclic) bond motifs is 1. The molecule has 2 N–H and O–H groups in total. The predicted octanol–water partition coefficient (Wildman–Crippen LogP) is 2.05. The summed E-state index contributed by atoms with van der Waals surface area (Å²) in [5.74, 6) is 2.15. The first kappa shape index (κ1) is 15.2.